The molecule has 0 spiro atoms. The van der Waals surface area contributed by atoms with E-state index in [1.807, 2.05) is 36.4 Å². The Morgan fingerprint density at radius 1 is 1.24 bits per heavy atom. The van der Waals surface area contributed by atoms with E-state index in [4.69, 9.17) is 4.74 Å². The van der Waals surface area contributed by atoms with Crippen LogP contribution in [0, 0.1) is 4.91 Å². The van der Waals surface area contributed by atoms with Gasteiger partial charge in [-0.1, -0.05) is 42.4 Å². The van der Waals surface area contributed by atoms with E-state index in [2.05, 4.69) is 17.0 Å². The first-order valence-electron chi connectivity index (χ1n) is 9.76. The number of anilines is 1. The molecule has 4 rings (SSSR count). The number of fused-ring (bicyclic) bond motifs is 3. The number of likely N-dealkylation sites (N-methyl/N-ethyl adjacent to an activating group) is 1. The smallest absolute Gasteiger partial charge is 0.325 e. The number of nitrogens with zero attached hydrogens (tertiary/aromatic N) is 3. The fourth-order valence-electron chi connectivity index (χ4n) is 4.33. The van der Waals surface area contributed by atoms with Gasteiger partial charge >= 0.3 is 5.97 Å². The molecule has 1 amide bonds. The van der Waals surface area contributed by atoms with Crippen molar-refractivity contribution in [1.82, 2.24) is 4.90 Å². The van der Waals surface area contributed by atoms with Crippen molar-refractivity contribution in [2.75, 3.05) is 31.6 Å². The lowest BCUT2D eigenvalue weighted by molar-refractivity contribution is -0.140. The number of ether oxygens (including phenoxy) is 1. The van der Waals surface area contributed by atoms with Gasteiger partial charge in [-0.05, 0) is 41.3 Å². The van der Waals surface area contributed by atoms with Crippen LogP contribution in [0.15, 0.2) is 41.6 Å². The van der Waals surface area contributed by atoms with Crippen LogP contribution in [-0.2, 0) is 27.3 Å². The lowest BCUT2D eigenvalue weighted by Crippen LogP contribution is -2.36. The number of esters is 1. The second-order valence-corrected chi connectivity index (χ2v) is 7.31. The fraction of sp³-hybridized carbons (Fsp3) is 0.364. The Balaban J connectivity index is 1.95. The van der Waals surface area contributed by atoms with Gasteiger partial charge in [-0.2, -0.15) is 0 Å². The Hall–Kier alpha value is -3.06. The molecule has 0 bridgehead atoms. The second kappa shape index (κ2) is 7.75. The number of carbonyl (C=O) groups excluding carboxylic acids is 2. The van der Waals surface area contributed by atoms with E-state index in [0.717, 1.165) is 41.8 Å². The van der Waals surface area contributed by atoms with Crippen molar-refractivity contribution in [3.63, 3.8) is 0 Å². The first kappa shape index (κ1) is 19.3. The highest BCUT2D eigenvalue weighted by Crippen LogP contribution is 2.47. The van der Waals surface area contributed by atoms with Crippen LogP contribution in [0.4, 0.5) is 5.69 Å². The summed E-state index contributed by atoms with van der Waals surface area (Å²) < 4.78 is 4.77. The predicted octanol–water partition coefficient (Wildman–Crippen LogP) is 3.06. The molecular weight excluding hydrogens is 370 g/mol. The fourth-order valence-corrected chi connectivity index (χ4v) is 4.33. The molecule has 0 saturated heterocycles. The molecule has 0 radical (unpaired) electrons. The Labute approximate surface area is 169 Å². The molecule has 7 nitrogen and oxygen atoms in total. The van der Waals surface area contributed by atoms with E-state index in [-0.39, 0.29) is 6.54 Å². The van der Waals surface area contributed by atoms with Crippen molar-refractivity contribution < 1.29 is 14.3 Å². The molecule has 2 aliphatic rings. The third kappa shape index (κ3) is 3.21. The normalized spacial score (nSPS) is 18.3. The van der Waals surface area contributed by atoms with Crippen molar-refractivity contribution in [1.29, 1.82) is 0 Å². The number of hydrogen-bond acceptors (Lipinski definition) is 6. The summed E-state index contributed by atoms with van der Waals surface area (Å²) in [6.45, 7) is 4.33. The topological polar surface area (TPSA) is 79.3 Å². The highest BCUT2D eigenvalue weighted by molar-refractivity contribution is 6.09. The number of methoxy groups -OCH3 is 1. The van der Waals surface area contributed by atoms with Gasteiger partial charge in [0.2, 0.25) is 0 Å². The molecule has 2 aromatic carbocycles. The monoisotopic (exact) mass is 393 g/mol. The van der Waals surface area contributed by atoms with Gasteiger partial charge in [0.15, 0.2) is 6.04 Å². The van der Waals surface area contributed by atoms with Gasteiger partial charge in [-0.3, -0.25) is 19.4 Å². The number of carbonyl (C=O) groups is 2. The van der Waals surface area contributed by atoms with E-state index in [1.165, 1.54) is 12.0 Å². The predicted molar refractivity (Wildman–Crippen MR) is 109 cm³/mol. The summed E-state index contributed by atoms with van der Waals surface area (Å²) >= 11 is 0. The maximum Gasteiger partial charge on any atom is 0.325 e. The van der Waals surface area contributed by atoms with E-state index in [1.54, 1.807) is 0 Å². The maximum absolute atomic E-state index is 12.9. The minimum Gasteiger partial charge on any atom is -0.468 e. The van der Waals surface area contributed by atoms with E-state index < -0.39 is 17.9 Å². The number of rotatable bonds is 5. The summed E-state index contributed by atoms with van der Waals surface area (Å²) in [6, 6.07) is 10.7. The molecular formula is C22H23N3O4. The van der Waals surface area contributed by atoms with E-state index in [9.17, 15) is 14.5 Å². The number of amides is 1. The van der Waals surface area contributed by atoms with Crippen molar-refractivity contribution in [2.24, 2.45) is 5.18 Å². The summed E-state index contributed by atoms with van der Waals surface area (Å²) in [4.78, 5) is 40.2. The first-order chi connectivity index (χ1) is 14.1. The number of hydrogen-bond donors (Lipinski definition) is 0. The molecule has 150 valence electrons. The van der Waals surface area contributed by atoms with Gasteiger partial charge < -0.3 is 4.74 Å². The van der Waals surface area contributed by atoms with Crippen LogP contribution < -0.4 is 4.90 Å². The largest absolute Gasteiger partial charge is 0.468 e. The van der Waals surface area contributed by atoms with E-state index in [0.29, 0.717) is 17.8 Å². The number of nitroso groups, excluding NO2 is 1. The highest BCUT2D eigenvalue weighted by atomic mass is 16.5. The van der Waals surface area contributed by atoms with E-state index >= 15 is 0 Å². The summed E-state index contributed by atoms with van der Waals surface area (Å²) in [6.07, 6.45) is 0.833. The summed E-state index contributed by atoms with van der Waals surface area (Å²) in [5.41, 5.74) is 5.45. The standard InChI is InChI=1S/C22H23N3O4/c1-3-24-10-9-15-16(14-7-5-4-6-8-14)11-17-20(23-28)22(27)25(13-19(26)29-2)21(17)18(15)12-24/h4-8,11,20H,3,9-10,12-13H2,1-2H3. The molecule has 0 fully saturated rings. The lowest BCUT2D eigenvalue weighted by Gasteiger charge is -2.32. The van der Waals surface area contributed by atoms with Crippen molar-refractivity contribution in [3.8, 4) is 11.1 Å². The Morgan fingerprint density at radius 3 is 2.66 bits per heavy atom. The minimum absolute atomic E-state index is 0.225. The highest BCUT2D eigenvalue weighted by Gasteiger charge is 2.43. The van der Waals surface area contributed by atoms with Crippen LogP contribution >= 0.6 is 0 Å². The average molecular weight is 393 g/mol. The summed E-state index contributed by atoms with van der Waals surface area (Å²) in [5, 5.41) is 3.11. The molecule has 1 atom stereocenters. The third-order valence-corrected chi connectivity index (χ3v) is 5.83. The second-order valence-electron chi connectivity index (χ2n) is 7.31. The third-order valence-electron chi connectivity index (χ3n) is 5.83. The minimum atomic E-state index is -1.14. The summed E-state index contributed by atoms with van der Waals surface area (Å²) in [5.74, 6) is -0.999. The van der Waals surface area contributed by atoms with Gasteiger partial charge in [0, 0.05) is 18.7 Å². The zero-order valence-corrected chi connectivity index (χ0v) is 16.6. The van der Waals surface area contributed by atoms with Gasteiger partial charge in [-0.25, -0.2) is 0 Å². The van der Waals surface area contributed by atoms with Gasteiger partial charge in [0.25, 0.3) is 5.91 Å². The Morgan fingerprint density at radius 2 is 2.00 bits per heavy atom. The van der Waals surface area contributed by atoms with Gasteiger partial charge in [-0.15, -0.1) is 4.91 Å². The zero-order valence-electron chi connectivity index (χ0n) is 16.6. The van der Waals surface area contributed by atoms with Crippen LogP contribution in [0.2, 0.25) is 0 Å². The maximum atomic E-state index is 12.9. The summed E-state index contributed by atoms with van der Waals surface area (Å²) in [7, 11) is 1.28. The Bertz CT molecular complexity index is 974. The number of benzene rings is 2. The molecule has 2 aromatic rings. The molecule has 1 unspecified atom stereocenters. The van der Waals surface area contributed by atoms with Gasteiger partial charge in [0.05, 0.1) is 12.8 Å². The van der Waals surface area contributed by atoms with Crippen LogP contribution in [0.25, 0.3) is 11.1 Å². The molecule has 0 saturated carbocycles. The molecule has 0 aromatic heterocycles. The van der Waals surface area contributed by atoms with Crippen LogP contribution in [0.1, 0.15) is 29.7 Å². The van der Waals surface area contributed by atoms with Crippen molar-refractivity contribution in [3.05, 3.63) is 58.0 Å². The van der Waals surface area contributed by atoms with Crippen LogP contribution in [0.3, 0.4) is 0 Å². The zero-order chi connectivity index (χ0) is 20.5. The van der Waals surface area contributed by atoms with Crippen LogP contribution in [-0.4, -0.2) is 43.5 Å². The molecule has 2 aliphatic heterocycles. The molecule has 0 aliphatic carbocycles. The average Bonchev–Trinajstić information content (AvgIpc) is 3.03. The molecule has 7 heteroatoms. The molecule has 29 heavy (non-hydrogen) atoms. The molecule has 0 N–H and O–H groups in total. The quantitative estimate of drug-likeness (QED) is 0.576. The SMILES string of the molecule is CCN1CCc2c(-c3ccccc3)cc3c(c2C1)N(CC(=O)OC)C(=O)C3N=O. The van der Waals surface area contributed by atoms with Crippen molar-refractivity contribution >= 4 is 17.6 Å². The van der Waals surface area contributed by atoms with Crippen molar-refractivity contribution in [2.45, 2.75) is 25.9 Å². The van der Waals surface area contributed by atoms with Gasteiger partial charge in [0.1, 0.15) is 6.54 Å². The van der Waals surface area contributed by atoms with Crippen LogP contribution in [0.5, 0.6) is 0 Å². The Kier molecular flexibility index (Phi) is 5.15. The lowest BCUT2D eigenvalue weighted by atomic mass is 9.86. The first-order valence-corrected chi connectivity index (χ1v) is 9.76. The molecule has 2 heterocycles.